The Bertz CT molecular complexity index is 510. The summed E-state index contributed by atoms with van der Waals surface area (Å²) in [6.07, 6.45) is 5.34. The fourth-order valence-electron chi connectivity index (χ4n) is 2.50. The molecule has 1 aliphatic rings. The third-order valence-electron chi connectivity index (χ3n) is 3.40. The largest absolute Gasteiger partial charge is 0.351 e. The van der Waals surface area contributed by atoms with Crippen LogP contribution in [-0.2, 0) is 0 Å². The molecule has 0 spiro atoms. The number of nitrogens with two attached hydrogens (primary N) is 1. The van der Waals surface area contributed by atoms with E-state index in [1.54, 1.807) is 17.7 Å². The average Bonchev–Trinajstić information content (AvgIpc) is 2.86. The predicted molar refractivity (Wildman–Crippen MR) is 71.5 cm³/mol. The fraction of sp³-hybridized carbons (Fsp3) is 0.500. The zero-order valence-electron chi connectivity index (χ0n) is 9.67. The predicted octanol–water partition coefficient (Wildman–Crippen LogP) is 2.01. The van der Waals surface area contributed by atoms with E-state index >= 15 is 0 Å². The van der Waals surface area contributed by atoms with Crippen molar-refractivity contribution in [1.29, 1.82) is 0 Å². The molecule has 1 fully saturated rings. The van der Waals surface area contributed by atoms with E-state index in [1.807, 2.05) is 6.07 Å². The molecule has 0 saturated carbocycles. The average molecular weight is 248 g/mol. The van der Waals surface area contributed by atoms with Crippen LogP contribution in [0.15, 0.2) is 17.8 Å². The van der Waals surface area contributed by atoms with E-state index in [9.17, 15) is 0 Å². The summed E-state index contributed by atoms with van der Waals surface area (Å²) in [7, 11) is 0. The molecule has 2 aromatic heterocycles. The van der Waals surface area contributed by atoms with Gasteiger partial charge in [-0.2, -0.15) is 0 Å². The minimum atomic E-state index is 0.434. The summed E-state index contributed by atoms with van der Waals surface area (Å²) in [4.78, 5) is 11.1. The van der Waals surface area contributed by atoms with Gasteiger partial charge in [-0.25, -0.2) is 9.97 Å². The van der Waals surface area contributed by atoms with Gasteiger partial charge in [-0.05, 0) is 30.7 Å². The van der Waals surface area contributed by atoms with Crippen molar-refractivity contribution in [2.24, 2.45) is 5.73 Å². The van der Waals surface area contributed by atoms with Crippen molar-refractivity contribution in [3.8, 4) is 0 Å². The molecule has 0 aliphatic carbocycles. The maximum absolute atomic E-state index is 5.87. The highest BCUT2D eigenvalue weighted by atomic mass is 32.1. The molecule has 0 bridgehead atoms. The standard InChI is InChI=1S/C12H16N4S/c13-7-9-3-1-2-5-16(9)12-11-10(4-6-17-11)14-8-15-12/h4,6,8-9H,1-3,5,7,13H2. The molecule has 90 valence electrons. The van der Waals surface area contributed by atoms with Crippen LogP contribution in [-0.4, -0.2) is 29.1 Å². The van der Waals surface area contributed by atoms with E-state index in [0.29, 0.717) is 12.6 Å². The van der Waals surface area contributed by atoms with Crippen molar-refractivity contribution in [3.05, 3.63) is 17.8 Å². The molecule has 3 rings (SSSR count). The molecule has 2 aromatic rings. The van der Waals surface area contributed by atoms with Gasteiger partial charge in [0, 0.05) is 19.1 Å². The van der Waals surface area contributed by atoms with Crippen LogP contribution in [0.1, 0.15) is 19.3 Å². The second kappa shape index (κ2) is 4.58. The molecule has 2 N–H and O–H groups in total. The highest BCUT2D eigenvalue weighted by molar-refractivity contribution is 7.17. The molecule has 3 heterocycles. The van der Waals surface area contributed by atoms with Gasteiger partial charge in [0.1, 0.15) is 12.1 Å². The molecule has 5 heteroatoms. The molecule has 1 unspecified atom stereocenters. The highest BCUT2D eigenvalue weighted by Gasteiger charge is 2.24. The maximum Gasteiger partial charge on any atom is 0.150 e. The number of hydrogen-bond donors (Lipinski definition) is 1. The SMILES string of the molecule is NCC1CCCCN1c1ncnc2ccsc12. The van der Waals surface area contributed by atoms with Gasteiger partial charge in [0.25, 0.3) is 0 Å². The van der Waals surface area contributed by atoms with E-state index in [1.165, 1.54) is 24.0 Å². The molecule has 17 heavy (non-hydrogen) atoms. The minimum absolute atomic E-state index is 0.434. The number of aromatic nitrogens is 2. The summed E-state index contributed by atoms with van der Waals surface area (Å²) >= 11 is 1.71. The molecular weight excluding hydrogens is 232 g/mol. The lowest BCUT2D eigenvalue weighted by atomic mass is 10.0. The van der Waals surface area contributed by atoms with Crippen LogP contribution < -0.4 is 10.6 Å². The number of hydrogen-bond acceptors (Lipinski definition) is 5. The van der Waals surface area contributed by atoms with Gasteiger partial charge < -0.3 is 10.6 Å². The number of rotatable bonds is 2. The number of nitrogens with zero attached hydrogens (tertiary/aromatic N) is 3. The third-order valence-corrected chi connectivity index (χ3v) is 4.30. The molecule has 1 atom stereocenters. The van der Waals surface area contributed by atoms with Crippen molar-refractivity contribution in [3.63, 3.8) is 0 Å². The van der Waals surface area contributed by atoms with Gasteiger partial charge in [0.15, 0.2) is 0 Å². The number of piperidine rings is 1. The van der Waals surface area contributed by atoms with Crippen molar-refractivity contribution < 1.29 is 0 Å². The van der Waals surface area contributed by atoms with Crippen LogP contribution in [0, 0.1) is 0 Å². The van der Waals surface area contributed by atoms with Gasteiger partial charge in [-0.1, -0.05) is 0 Å². The van der Waals surface area contributed by atoms with E-state index in [0.717, 1.165) is 17.9 Å². The first-order valence-electron chi connectivity index (χ1n) is 6.05. The Kier molecular flexibility index (Phi) is 2.94. The summed E-state index contributed by atoms with van der Waals surface area (Å²) in [6, 6.07) is 2.48. The minimum Gasteiger partial charge on any atom is -0.351 e. The van der Waals surface area contributed by atoms with Crippen LogP contribution in [0.4, 0.5) is 5.82 Å². The zero-order chi connectivity index (χ0) is 11.7. The lowest BCUT2D eigenvalue weighted by Gasteiger charge is -2.36. The monoisotopic (exact) mass is 248 g/mol. The quantitative estimate of drug-likeness (QED) is 0.883. The highest BCUT2D eigenvalue weighted by Crippen LogP contribution is 2.31. The summed E-state index contributed by atoms with van der Waals surface area (Å²) < 4.78 is 1.19. The van der Waals surface area contributed by atoms with Crippen LogP contribution in [0.3, 0.4) is 0 Å². The molecule has 0 aromatic carbocycles. The summed E-state index contributed by atoms with van der Waals surface area (Å²) in [6.45, 7) is 1.77. The Morgan fingerprint density at radius 3 is 3.24 bits per heavy atom. The normalized spacial score (nSPS) is 21.0. The van der Waals surface area contributed by atoms with E-state index in [2.05, 4.69) is 20.2 Å². The van der Waals surface area contributed by atoms with Gasteiger partial charge in [0.05, 0.1) is 10.2 Å². The van der Waals surface area contributed by atoms with Crippen LogP contribution >= 0.6 is 11.3 Å². The molecule has 1 aliphatic heterocycles. The Morgan fingerprint density at radius 1 is 1.41 bits per heavy atom. The molecular formula is C12H16N4S. The Morgan fingerprint density at radius 2 is 2.35 bits per heavy atom. The maximum atomic E-state index is 5.87. The van der Waals surface area contributed by atoms with Gasteiger partial charge in [-0.3, -0.25) is 0 Å². The Balaban J connectivity index is 2.04. The zero-order valence-corrected chi connectivity index (χ0v) is 10.5. The summed E-state index contributed by atoms with van der Waals surface area (Å²) in [5.41, 5.74) is 6.91. The van der Waals surface area contributed by atoms with Crippen molar-refractivity contribution in [2.75, 3.05) is 18.0 Å². The first kappa shape index (κ1) is 10.9. The van der Waals surface area contributed by atoms with Crippen LogP contribution in [0.25, 0.3) is 10.2 Å². The summed E-state index contributed by atoms with van der Waals surface area (Å²) in [5, 5.41) is 2.07. The first-order chi connectivity index (χ1) is 8.40. The first-order valence-corrected chi connectivity index (χ1v) is 6.93. The number of fused-ring (bicyclic) bond motifs is 1. The Hall–Kier alpha value is -1.20. The van der Waals surface area contributed by atoms with Crippen LogP contribution in [0.2, 0.25) is 0 Å². The summed E-state index contributed by atoms with van der Waals surface area (Å²) in [5.74, 6) is 1.07. The number of thiophene rings is 1. The number of anilines is 1. The molecule has 1 saturated heterocycles. The second-order valence-electron chi connectivity index (χ2n) is 4.41. The fourth-order valence-corrected chi connectivity index (χ4v) is 3.35. The second-order valence-corrected chi connectivity index (χ2v) is 5.33. The smallest absolute Gasteiger partial charge is 0.150 e. The molecule has 0 amide bonds. The lowest BCUT2D eigenvalue weighted by Crippen LogP contribution is -2.44. The third kappa shape index (κ3) is 1.89. The van der Waals surface area contributed by atoms with E-state index in [4.69, 9.17) is 5.73 Å². The van der Waals surface area contributed by atoms with E-state index < -0.39 is 0 Å². The van der Waals surface area contributed by atoms with Crippen LogP contribution in [0.5, 0.6) is 0 Å². The van der Waals surface area contributed by atoms with E-state index in [-0.39, 0.29) is 0 Å². The Labute approximate surface area is 104 Å². The van der Waals surface area contributed by atoms with Crippen molar-refractivity contribution >= 4 is 27.4 Å². The topological polar surface area (TPSA) is 55.0 Å². The van der Waals surface area contributed by atoms with Gasteiger partial charge in [-0.15, -0.1) is 11.3 Å². The van der Waals surface area contributed by atoms with Crippen molar-refractivity contribution in [1.82, 2.24) is 9.97 Å². The van der Waals surface area contributed by atoms with Crippen molar-refractivity contribution in [2.45, 2.75) is 25.3 Å². The van der Waals surface area contributed by atoms with Gasteiger partial charge >= 0.3 is 0 Å². The molecule has 4 nitrogen and oxygen atoms in total. The molecule has 0 radical (unpaired) electrons. The van der Waals surface area contributed by atoms with Gasteiger partial charge in [0.2, 0.25) is 0 Å². The lowest BCUT2D eigenvalue weighted by molar-refractivity contribution is 0.463.